The predicted molar refractivity (Wildman–Crippen MR) is 97.8 cm³/mol. The molecule has 2 aliphatic rings. The lowest BCUT2D eigenvalue weighted by Crippen LogP contribution is -2.41. The van der Waals surface area contributed by atoms with Crippen molar-refractivity contribution in [2.45, 2.75) is 30.1 Å². The van der Waals surface area contributed by atoms with Gasteiger partial charge in [-0.3, -0.25) is 9.90 Å². The normalized spacial score (nSPS) is 25.9. The molecular formula is C16H21NO2S3. The molecule has 2 unspecified atom stereocenters. The highest BCUT2D eigenvalue weighted by molar-refractivity contribution is 8.32. The van der Waals surface area contributed by atoms with E-state index in [0.29, 0.717) is 0 Å². The summed E-state index contributed by atoms with van der Waals surface area (Å²) in [5.74, 6) is 0. The van der Waals surface area contributed by atoms with Crippen LogP contribution >= 0.6 is 35.3 Å². The van der Waals surface area contributed by atoms with Crippen molar-refractivity contribution in [2.75, 3.05) is 17.2 Å². The number of aliphatic hydroxyl groups is 1. The van der Waals surface area contributed by atoms with Crippen molar-refractivity contribution in [2.24, 2.45) is 0 Å². The molecule has 1 fully saturated rings. The van der Waals surface area contributed by atoms with Crippen molar-refractivity contribution in [3.8, 4) is 0 Å². The van der Waals surface area contributed by atoms with Gasteiger partial charge in [-0.15, -0.1) is 35.3 Å². The second-order valence-electron chi connectivity index (χ2n) is 5.62. The lowest BCUT2D eigenvalue weighted by Gasteiger charge is -2.39. The number of hydrogen-bond donors (Lipinski definition) is 1. The minimum absolute atomic E-state index is 0.0836. The predicted octanol–water partition coefficient (Wildman–Crippen LogP) is 3.79. The maximum absolute atomic E-state index is 11.8. The van der Waals surface area contributed by atoms with Crippen LogP contribution in [0.1, 0.15) is 18.1 Å². The molecule has 120 valence electrons. The first-order chi connectivity index (χ1) is 10.5. The molecule has 0 aliphatic carbocycles. The zero-order chi connectivity index (χ0) is 15.7. The van der Waals surface area contributed by atoms with E-state index in [4.69, 9.17) is 4.84 Å². The molecule has 0 aromatic heterocycles. The minimum Gasteiger partial charge on any atom is -0.378 e. The standard InChI is InChI=1S/C16H21NO2S3/c1-11-4-6-13(7-5-11)16(18,15-21-9-20-10-22-15)14-8-17(3)19-12(14)2/h4-8,12,15,18H,9-10H2,1-3H3. The van der Waals surface area contributed by atoms with Crippen LogP contribution < -0.4 is 0 Å². The summed E-state index contributed by atoms with van der Waals surface area (Å²) in [5, 5.41) is 15.5. The van der Waals surface area contributed by atoms with Crippen molar-refractivity contribution in [1.82, 2.24) is 5.06 Å². The SMILES string of the molecule is Cc1ccc(C(O)(C2=CN(C)OC2C)C2SCSCS2)cc1. The Morgan fingerprint density at radius 1 is 1.23 bits per heavy atom. The zero-order valence-corrected chi connectivity index (χ0v) is 15.4. The average Bonchev–Trinajstić information content (AvgIpc) is 2.87. The minimum atomic E-state index is -1.01. The third kappa shape index (κ3) is 3.04. The van der Waals surface area contributed by atoms with E-state index in [2.05, 4.69) is 19.1 Å². The van der Waals surface area contributed by atoms with E-state index in [1.807, 2.05) is 67.6 Å². The number of thioether (sulfide) groups is 3. The molecule has 0 spiro atoms. The van der Waals surface area contributed by atoms with Crippen molar-refractivity contribution < 1.29 is 9.94 Å². The molecular weight excluding hydrogens is 334 g/mol. The van der Waals surface area contributed by atoms with Crippen LogP contribution in [0.2, 0.25) is 0 Å². The van der Waals surface area contributed by atoms with E-state index in [0.717, 1.165) is 21.3 Å². The molecule has 2 heterocycles. The highest BCUT2D eigenvalue weighted by Gasteiger charge is 2.47. The molecule has 3 rings (SSSR count). The van der Waals surface area contributed by atoms with E-state index in [1.54, 1.807) is 5.06 Å². The first kappa shape index (κ1) is 16.6. The second-order valence-corrected chi connectivity index (χ2v) is 9.82. The smallest absolute Gasteiger partial charge is 0.136 e. The van der Waals surface area contributed by atoms with Gasteiger partial charge in [0.15, 0.2) is 0 Å². The summed E-state index contributed by atoms with van der Waals surface area (Å²) >= 11 is 5.55. The molecule has 0 amide bonds. The van der Waals surface area contributed by atoms with Crippen molar-refractivity contribution >= 4 is 35.3 Å². The summed E-state index contributed by atoms with van der Waals surface area (Å²) in [6.07, 6.45) is 1.82. The summed E-state index contributed by atoms with van der Waals surface area (Å²) in [6, 6.07) is 8.23. The topological polar surface area (TPSA) is 32.7 Å². The Balaban J connectivity index is 2.05. The van der Waals surface area contributed by atoms with Crippen LogP contribution in [0.15, 0.2) is 36.0 Å². The van der Waals surface area contributed by atoms with Gasteiger partial charge in [0.05, 0.1) is 4.58 Å². The third-order valence-corrected chi connectivity index (χ3v) is 8.49. The number of benzene rings is 1. The first-order valence-corrected chi connectivity index (χ1v) is 10.5. The van der Waals surface area contributed by atoms with Gasteiger partial charge in [-0.25, -0.2) is 0 Å². The molecule has 22 heavy (non-hydrogen) atoms. The summed E-state index contributed by atoms with van der Waals surface area (Å²) < 4.78 is 0.0836. The monoisotopic (exact) mass is 355 g/mol. The van der Waals surface area contributed by atoms with Crippen LogP contribution in [0.5, 0.6) is 0 Å². The molecule has 3 nitrogen and oxygen atoms in total. The van der Waals surface area contributed by atoms with Gasteiger partial charge >= 0.3 is 0 Å². The molecule has 2 atom stereocenters. The third-order valence-electron chi connectivity index (χ3n) is 3.96. The van der Waals surface area contributed by atoms with E-state index in [9.17, 15) is 5.11 Å². The fourth-order valence-corrected chi connectivity index (χ4v) is 7.89. The van der Waals surface area contributed by atoms with E-state index in [1.165, 1.54) is 5.56 Å². The Morgan fingerprint density at radius 3 is 2.41 bits per heavy atom. The van der Waals surface area contributed by atoms with Gasteiger partial charge in [0, 0.05) is 29.0 Å². The maximum atomic E-state index is 11.8. The van der Waals surface area contributed by atoms with Gasteiger partial charge < -0.3 is 5.11 Å². The second kappa shape index (κ2) is 6.69. The molecule has 2 aliphatic heterocycles. The van der Waals surface area contributed by atoms with Gasteiger partial charge in [-0.2, -0.15) is 0 Å². The van der Waals surface area contributed by atoms with E-state index < -0.39 is 5.60 Å². The molecule has 1 N–H and O–H groups in total. The summed E-state index contributed by atoms with van der Waals surface area (Å²) in [6.45, 7) is 4.07. The summed E-state index contributed by atoms with van der Waals surface area (Å²) in [4.78, 5) is 5.71. The highest BCUT2D eigenvalue weighted by Crippen LogP contribution is 2.51. The molecule has 1 aromatic rings. The Morgan fingerprint density at radius 2 is 1.86 bits per heavy atom. The molecule has 1 aromatic carbocycles. The van der Waals surface area contributed by atoms with Gasteiger partial charge in [-0.1, -0.05) is 29.8 Å². The van der Waals surface area contributed by atoms with Crippen LogP contribution in [0.4, 0.5) is 0 Å². The number of aryl methyl sites for hydroxylation is 1. The molecule has 0 bridgehead atoms. The number of nitrogens with zero attached hydrogens (tertiary/aromatic N) is 1. The average molecular weight is 356 g/mol. The Labute approximate surface area is 144 Å². The quantitative estimate of drug-likeness (QED) is 0.888. The van der Waals surface area contributed by atoms with Gasteiger partial charge in [-0.05, 0) is 19.4 Å². The number of hydroxylamine groups is 2. The number of rotatable bonds is 3. The Bertz CT molecular complexity index is 557. The summed E-state index contributed by atoms with van der Waals surface area (Å²) in [5.41, 5.74) is 2.09. The largest absolute Gasteiger partial charge is 0.378 e. The molecule has 0 saturated carbocycles. The maximum Gasteiger partial charge on any atom is 0.136 e. The van der Waals surface area contributed by atoms with Crippen LogP contribution in [0.25, 0.3) is 0 Å². The van der Waals surface area contributed by atoms with Crippen molar-refractivity contribution in [3.05, 3.63) is 47.2 Å². The first-order valence-electron chi connectivity index (χ1n) is 7.24. The Kier molecular flexibility index (Phi) is 5.04. The van der Waals surface area contributed by atoms with Gasteiger partial charge in [0.25, 0.3) is 0 Å². The lowest BCUT2D eigenvalue weighted by molar-refractivity contribution is -0.110. The zero-order valence-electron chi connectivity index (χ0n) is 13.0. The van der Waals surface area contributed by atoms with Crippen LogP contribution in [0, 0.1) is 6.92 Å². The van der Waals surface area contributed by atoms with Crippen molar-refractivity contribution in [3.63, 3.8) is 0 Å². The lowest BCUT2D eigenvalue weighted by atomic mass is 9.85. The van der Waals surface area contributed by atoms with E-state index >= 15 is 0 Å². The van der Waals surface area contributed by atoms with Crippen LogP contribution in [-0.2, 0) is 10.4 Å². The highest BCUT2D eigenvalue weighted by atomic mass is 32.3. The van der Waals surface area contributed by atoms with Crippen LogP contribution in [0.3, 0.4) is 0 Å². The fraction of sp³-hybridized carbons (Fsp3) is 0.500. The number of hydrogen-bond acceptors (Lipinski definition) is 6. The summed E-state index contributed by atoms with van der Waals surface area (Å²) in [7, 11) is 1.87. The van der Waals surface area contributed by atoms with Crippen LogP contribution in [-0.4, -0.2) is 38.1 Å². The van der Waals surface area contributed by atoms with Gasteiger partial charge in [0.2, 0.25) is 0 Å². The van der Waals surface area contributed by atoms with Gasteiger partial charge in [0.1, 0.15) is 11.7 Å². The van der Waals surface area contributed by atoms with Crippen molar-refractivity contribution in [1.29, 1.82) is 0 Å². The van der Waals surface area contributed by atoms with E-state index in [-0.39, 0.29) is 10.7 Å². The molecule has 0 radical (unpaired) electrons. The fourth-order valence-electron chi connectivity index (χ4n) is 2.84. The molecule has 1 saturated heterocycles. The Hall–Kier alpha value is -0.270. The molecule has 6 heteroatoms.